The van der Waals surface area contributed by atoms with Gasteiger partial charge in [0.1, 0.15) is 11.8 Å². The number of benzene rings is 1. The van der Waals surface area contributed by atoms with Crippen molar-refractivity contribution in [3.63, 3.8) is 0 Å². The molecule has 3 rings (SSSR count). The highest BCUT2D eigenvalue weighted by Crippen LogP contribution is 2.24. The summed E-state index contributed by atoms with van der Waals surface area (Å²) in [6, 6.07) is 8.79. The zero-order chi connectivity index (χ0) is 14.7. The molecule has 2 heterocycles. The van der Waals surface area contributed by atoms with E-state index in [0.717, 1.165) is 17.1 Å². The summed E-state index contributed by atoms with van der Waals surface area (Å²) in [6.07, 6.45) is 3.16. The largest absolute Gasteiger partial charge is 0.362 e. The van der Waals surface area contributed by atoms with Gasteiger partial charge in [-0.3, -0.25) is 0 Å². The van der Waals surface area contributed by atoms with Gasteiger partial charge in [0.05, 0.1) is 12.4 Å². The number of hydrogen-bond acceptors (Lipinski definition) is 5. The molecule has 0 aliphatic heterocycles. The summed E-state index contributed by atoms with van der Waals surface area (Å²) in [6.45, 7) is 4.28. The predicted octanol–water partition coefficient (Wildman–Crippen LogP) is 3.64. The van der Waals surface area contributed by atoms with Crippen LogP contribution in [0.3, 0.4) is 0 Å². The van der Waals surface area contributed by atoms with E-state index in [9.17, 15) is 0 Å². The van der Waals surface area contributed by atoms with Gasteiger partial charge in [0.2, 0.25) is 0 Å². The van der Waals surface area contributed by atoms with Crippen molar-refractivity contribution in [1.29, 1.82) is 0 Å². The summed E-state index contributed by atoms with van der Waals surface area (Å²) in [7, 11) is 0. The Bertz CT molecular complexity index is 722. The number of hydrogen-bond donors (Lipinski definition) is 2. The Balaban J connectivity index is 1.79. The maximum Gasteiger partial charge on any atom is 0.182 e. The van der Waals surface area contributed by atoms with Crippen LogP contribution < -0.4 is 5.32 Å². The van der Waals surface area contributed by atoms with Crippen molar-refractivity contribution in [2.75, 3.05) is 11.1 Å². The number of aromatic nitrogens is 4. The third-order valence-corrected chi connectivity index (χ3v) is 4.16. The van der Waals surface area contributed by atoms with Gasteiger partial charge in [-0.1, -0.05) is 19.1 Å². The summed E-state index contributed by atoms with van der Waals surface area (Å²) in [5.74, 6) is 1.86. The highest BCUT2D eigenvalue weighted by molar-refractivity contribution is 7.99. The molecule has 6 heteroatoms. The van der Waals surface area contributed by atoms with Gasteiger partial charge in [-0.25, -0.2) is 15.0 Å². The molecule has 5 nitrogen and oxygen atoms in total. The molecular weight excluding hydrogens is 282 g/mol. The van der Waals surface area contributed by atoms with E-state index in [1.165, 1.54) is 16.8 Å². The maximum absolute atomic E-state index is 4.29. The second-order valence-electron chi connectivity index (χ2n) is 4.69. The molecule has 0 aliphatic carbocycles. The molecular formula is C15H17N5S. The van der Waals surface area contributed by atoms with Gasteiger partial charge >= 0.3 is 0 Å². The van der Waals surface area contributed by atoms with Gasteiger partial charge in [0, 0.05) is 4.90 Å². The Morgan fingerprint density at radius 2 is 2.00 bits per heavy atom. The molecule has 0 amide bonds. The van der Waals surface area contributed by atoms with Crippen LogP contribution in [0.4, 0.5) is 5.82 Å². The molecule has 1 unspecified atom stereocenters. The van der Waals surface area contributed by atoms with Crippen molar-refractivity contribution >= 4 is 28.7 Å². The van der Waals surface area contributed by atoms with E-state index in [0.29, 0.717) is 5.65 Å². The Labute approximate surface area is 127 Å². The predicted molar refractivity (Wildman–Crippen MR) is 86.6 cm³/mol. The third kappa shape index (κ3) is 3.00. The molecule has 3 aromatic rings. The van der Waals surface area contributed by atoms with Crippen molar-refractivity contribution < 1.29 is 0 Å². The van der Waals surface area contributed by atoms with Crippen LogP contribution in [0.25, 0.3) is 11.2 Å². The van der Waals surface area contributed by atoms with Crippen molar-refractivity contribution in [1.82, 2.24) is 19.9 Å². The van der Waals surface area contributed by atoms with Gasteiger partial charge in [-0.2, -0.15) is 0 Å². The number of anilines is 1. The van der Waals surface area contributed by atoms with Gasteiger partial charge in [0.25, 0.3) is 0 Å². The summed E-state index contributed by atoms with van der Waals surface area (Å²) in [5.41, 5.74) is 2.73. The van der Waals surface area contributed by atoms with Crippen LogP contribution in [-0.4, -0.2) is 25.7 Å². The molecule has 0 saturated carbocycles. The van der Waals surface area contributed by atoms with E-state index in [1.807, 2.05) is 11.8 Å². The fourth-order valence-electron chi connectivity index (χ4n) is 2.18. The molecule has 2 aromatic heterocycles. The number of aromatic amines is 1. The Hall–Kier alpha value is -2.08. The lowest BCUT2D eigenvalue weighted by molar-refractivity contribution is 0.873. The molecule has 0 spiro atoms. The van der Waals surface area contributed by atoms with Crippen molar-refractivity contribution in [3.05, 3.63) is 42.5 Å². The molecule has 0 fully saturated rings. The first-order chi connectivity index (χ1) is 10.3. The fraction of sp³-hybridized carbons (Fsp3) is 0.267. The zero-order valence-corrected chi connectivity index (χ0v) is 12.8. The van der Waals surface area contributed by atoms with Crippen molar-refractivity contribution in [2.24, 2.45) is 0 Å². The van der Waals surface area contributed by atoms with Gasteiger partial charge < -0.3 is 10.3 Å². The molecule has 2 N–H and O–H groups in total. The molecule has 0 radical (unpaired) electrons. The van der Waals surface area contributed by atoms with Crippen LogP contribution in [-0.2, 0) is 0 Å². The third-order valence-electron chi connectivity index (χ3n) is 3.27. The number of fused-ring (bicyclic) bond motifs is 1. The van der Waals surface area contributed by atoms with Gasteiger partial charge in [-0.15, -0.1) is 11.8 Å². The average molecular weight is 299 g/mol. The quantitative estimate of drug-likeness (QED) is 0.704. The van der Waals surface area contributed by atoms with E-state index in [4.69, 9.17) is 0 Å². The Morgan fingerprint density at radius 1 is 1.19 bits per heavy atom. The van der Waals surface area contributed by atoms with E-state index in [-0.39, 0.29) is 6.04 Å². The second-order valence-corrected chi connectivity index (χ2v) is 6.03. The fourth-order valence-corrected chi connectivity index (χ4v) is 2.84. The first kappa shape index (κ1) is 13.9. The lowest BCUT2D eigenvalue weighted by Gasteiger charge is -2.15. The lowest BCUT2D eigenvalue weighted by atomic mass is 10.1. The number of nitrogens with one attached hydrogen (secondary N) is 2. The highest BCUT2D eigenvalue weighted by Gasteiger charge is 2.10. The van der Waals surface area contributed by atoms with Crippen LogP contribution in [0.5, 0.6) is 0 Å². The first-order valence-corrected chi connectivity index (χ1v) is 7.90. The monoisotopic (exact) mass is 299 g/mol. The normalized spacial score (nSPS) is 12.5. The maximum atomic E-state index is 4.29. The van der Waals surface area contributed by atoms with Gasteiger partial charge in [0.15, 0.2) is 11.5 Å². The SMILES string of the molecule is CCSc1ccc(C(C)Nc2ncnc3nc[nH]c23)cc1. The van der Waals surface area contributed by atoms with Crippen LogP contribution in [0.1, 0.15) is 25.5 Å². The summed E-state index contributed by atoms with van der Waals surface area (Å²) < 4.78 is 0. The first-order valence-electron chi connectivity index (χ1n) is 6.91. The molecule has 108 valence electrons. The van der Waals surface area contributed by atoms with Crippen LogP contribution in [0.2, 0.25) is 0 Å². The minimum absolute atomic E-state index is 0.159. The van der Waals surface area contributed by atoms with Crippen molar-refractivity contribution in [3.8, 4) is 0 Å². The molecule has 1 atom stereocenters. The van der Waals surface area contributed by atoms with E-state index in [1.54, 1.807) is 6.33 Å². The van der Waals surface area contributed by atoms with Crippen LogP contribution >= 0.6 is 11.8 Å². The second kappa shape index (κ2) is 6.13. The standard InChI is InChI=1S/C15H17N5S/c1-3-21-12-6-4-11(5-7-12)10(2)20-15-13-14(17-8-16-13)18-9-19-15/h4-10H,3H2,1-2H3,(H2,16,17,18,19,20). The topological polar surface area (TPSA) is 66.5 Å². The molecule has 21 heavy (non-hydrogen) atoms. The number of nitrogens with zero attached hydrogens (tertiary/aromatic N) is 3. The summed E-state index contributed by atoms with van der Waals surface area (Å²) in [4.78, 5) is 16.9. The highest BCUT2D eigenvalue weighted by atomic mass is 32.2. The lowest BCUT2D eigenvalue weighted by Crippen LogP contribution is -2.08. The van der Waals surface area contributed by atoms with E-state index >= 15 is 0 Å². The minimum Gasteiger partial charge on any atom is -0.362 e. The molecule has 0 bridgehead atoms. The Morgan fingerprint density at radius 3 is 2.76 bits per heavy atom. The van der Waals surface area contributed by atoms with E-state index < -0.39 is 0 Å². The number of imidazole rings is 1. The van der Waals surface area contributed by atoms with E-state index in [2.05, 4.69) is 63.4 Å². The van der Waals surface area contributed by atoms with Crippen LogP contribution in [0, 0.1) is 0 Å². The summed E-state index contributed by atoms with van der Waals surface area (Å²) in [5, 5.41) is 3.41. The minimum atomic E-state index is 0.159. The average Bonchev–Trinajstić information content (AvgIpc) is 2.98. The molecule has 0 aliphatic rings. The Kier molecular flexibility index (Phi) is 4.06. The smallest absolute Gasteiger partial charge is 0.182 e. The zero-order valence-electron chi connectivity index (χ0n) is 12.0. The van der Waals surface area contributed by atoms with Crippen molar-refractivity contribution in [2.45, 2.75) is 24.8 Å². The summed E-state index contributed by atoms with van der Waals surface area (Å²) >= 11 is 1.85. The number of H-pyrrole nitrogens is 1. The van der Waals surface area contributed by atoms with Crippen LogP contribution in [0.15, 0.2) is 41.8 Å². The number of thioether (sulfide) groups is 1. The number of rotatable bonds is 5. The molecule has 1 aromatic carbocycles. The van der Waals surface area contributed by atoms with Gasteiger partial charge in [-0.05, 0) is 30.4 Å². The molecule has 0 saturated heterocycles.